The summed E-state index contributed by atoms with van der Waals surface area (Å²) in [5, 5.41) is 10.6. The molecule has 5 nitrogen and oxygen atoms in total. The quantitative estimate of drug-likeness (QED) is 0.891. The molecule has 2 saturated heterocycles. The van der Waals surface area contributed by atoms with Gasteiger partial charge < -0.3 is 14.9 Å². The fourth-order valence-electron chi connectivity index (χ4n) is 2.99. The second kappa shape index (κ2) is 5.19. The minimum atomic E-state index is -0.731. The van der Waals surface area contributed by atoms with E-state index < -0.39 is 5.60 Å². The van der Waals surface area contributed by atoms with Gasteiger partial charge in [-0.2, -0.15) is 0 Å². The maximum atomic E-state index is 12.2. The number of hydrogen-bond donors (Lipinski definition) is 1. The van der Waals surface area contributed by atoms with Crippen molar-refractivity contribution in [3.8, 4) is 0 Å². The van der Waals surface area contributed by atoms with Crippen LogP contribution in [0.3, 0.4) is 0 Å². The van der Waals surface area contributed by atoms with Gasteiger partial charge in [0.15, 0.2) is 0 Å². The van der Waals surface area contributed by atoms with Crippen molar-refractivity contribution in [2.75, 3.05) is 32.7 Å². The summed E-state index contributed by atoms with van der Waals surface area (Å²) in [6, 6.07) is 0. The molecule has 1 aromatic heterocycles. The maximum Gasteiger partial charge on any atom is 0.265 e. The van der Waals surface area contributed by atoms with Crippen LogP contribution in [0.2, 0.25) is 0 Å². The molecule has 2 aliphatic heterocycles. The molecule has 1 amide bonds. The van der Waals surface area contributed by atoms with Crippen LogP contribution in [0.4, 0.5) is 0 Å². The van der Waals surface area contributed by atoms with E-state index in [-0.39, 0.29) is 5.91 Å². The molecular weight excluding hydrogens is 262 g/mol. The monoisotopic (exact) mass is 281 g/mol. The summed E-state index contributed by atoms with van der Waals surface area (Å²) in [5.74, 6) is -0.000142. The zero-order valence-corrected chi connectivity index (χ0v) is 11.7. The lowest BCUT2D eigenvalue weighted by Crippen LogP contribution is -2.44. The molecule has 1 N–H and O–H groups in total. The number of hydrogen-bond acceptors (Lipinski definition) is 5. The van der Waals surface area contributed by atoms with Crippen molar-refractivity contribution < 1.29 is 9.90 Å². The van der Waals surface area contributed by atoms with Gasteiger partial charge in [-0.05, 0) is 32.4 Å². The Bertz CT molecular complexity index is 445. The Kier molecular flexibility index (Phi) is 3.56. The van der Waals surface area contributed by atoms with E-state index >= 15 is 0 Å². The van der Waals surface area contributed by atoms with Gasteiger partial charge in [-0.15, -0.1) is 11.3 Å². The number of thiazole rings is 1. The van der Waals surface area contributed by atoms with Crippen LogP contribution in [0.5, 0.6) is 0 Å². The lowest BCUT2D eigenvalue weighted by molar-refractivity contribution is 0.0176. The number of likely N-dealkylation sites (tertiary alicyclic amines) is 2. The Morgan fingerprint density at radius 1 is 1.42 bits per heavy atom. The number of carbonyl (C=O) groups is 1. The lowest BCUT2D eigenvalue weighted by atomic mass is 10.0. The summed E-state index contributed by atoms with van der Waals surface area (Å²) in [5.41, 5.74) is 0.935. The van der Waals surface area contributed by atoms with E-state index in [1.165, 1.54) is 24.2 Å². The average Bonchev–Trinajstić information content (AvgIpc) is 3.09. The standard InChI is InChI=1S/C13H19N3O2S/c17-12(11-7-14-10-19-11)16-6-3-13(18,9-16)8-15-4-1-2-5-15/h7,10,18H,1-6,8-9H2/t13-/m0/s1. The van der Waals surface area contributed by atoms with E-state index in [0.29, 0.717) is 30.9 Å². The Morgan fingerprint density at radius 2 is 2.21 bits per heavy atom. The zero-order chi connectivity index (χ0) is 13.3. The third kappa shape index (κ3) is 2.80. The van der Waals surface area contributed by atoms with Crippen molar-refractivity contribution >= 4 is 17.2 Å². The maximum absolute atomic E-state index is 12.2. The number of carbonyl (C=O) groups excluding carboxylic acids is 1. The average molecular weight is 281 g/mol. The predicted molar refractivity (Wildman–Crippen MR) is 73.3 cm³/mol. The molecule has 3 rings (SSSR count). The largest absolute Gasteiger partial charge is 0.387 e. The second-order valence-corrected chi connectivity index (χ2v) is 6.44. The molecular formula is C13H19N3O2S. The first kappa shape index (κ1) is 13.0. The Morgan fingerprint density at radius 3 is 2.89 bits per heavy atom. The minimum absolute atomic E-state index is 0.000142. The van der Waals surface area contributed by atoms with E-state index in [9.17, 15) is 9.90 Å². The molecule has 0 spiro atoms. The van der Waals surface area contributed by atoms with E-state index in [4.69, 9.17) is 0 Å². The van der Waals surface area contributed by atoms with E-state index in [1.807, 2.05) is 0 Å². The zero-order valence-electron chi connectivity index (χ0n) is 10.9. The van der Waals surface area contributed by atoms with Gasteiger partial charge in [0.05, 0.1) is 23.9 Å². The lowest BCUT2D eigenvalue weighted by Gasteiger charge is -2.28. The highest BCUT2D eigenvalue weighted by molar-refractivity contribution is 7.11. The summed E-state index contributed by atoms with van der Waals surface area (Å²) in [7, 11) is 0. The molecule has 1 atom stereocenters. The summed E-state index contributed by atoms with van der Waals surface area (Å²) in [4.78, 5) is 20.9. The molecule has 1 aromatic rings. The van der Waals surface area contributed by atoms with Crippen LogP contribution >= 0.6 is 11.3 Å². The highest BCUT2D eigenvalue weighted by Crippen LogP contribution is 2.26. The molecule has 2 fully saturated rings. The fraction of sp³-hybridized carbons (Fsp3) is 0.692. The van der Waals surface area contributed by atoms with Crippen molar-refractivity contribution in [2.24, 2.45) is 0 Å². The summed E-state index contributed by atoms with van der Waals surface area (Å²) in [6.45, 7) is 3.93. The number of amides is 1. The van der Waals surface area contributed by atoms with Gasteiger partial charge in [-0.3, -0.25) is 9.78 Å². The number of nitrogens with zero attached hydrogens (tertiary/aromatic N) is 3. The highest BCUT2D eigenvalue weighted by Gasteiger charge is 2.40. The molecule has 0 saturated carbocycles. The molecule has 0 radical (unpaired) electrons. The third-order valence-electron chi connectivity index (χ3n) is 3.98. The smallest absolute Gasteiger partial charge is 0.265 e. The number of aromatic nitrogens is 1. The number of β-amino-alcohol motifs (C(OH)–C–C–N with tert-alkyl or cyclic N) is 1. The normalized spacial score (nSPS) is 28.2. The van der Waals surface area contributed by atoms with Gasteiger partial charge in [0.1, 0.15) is 4.88 Å². The summed E-state index contributed by atoms with van der Waals surface area (Å²) >= 11 is 1.36. The first-order valence-corrected chi connectivity index (χ1v) is 7.67. The van der Waals surface area contributed by atoms with Crippen molar-refractivity contribution in [1.29, 1.82) is 0 Å². The molecule has 104 valence electrons. The Hall–Kier alpha value is -0.980. The first-order chi connectivity index (χ1) is 9.16. The van der Waals surface area contributed by atoms with Crippen LogP contribution in [0.25, 0.3) is 0 Å². The molecule has 0 aliphatic carbocycles. The first-order valence-electron chi connectivity index (χ1n) is 6.79. The van der Waals surface area contributed by atoms with E-state index in [2.05, 4.69) is 9.88 Å². The molecule has 0 aromatic carbocycles. The van der Waals surface area contributed by atoms with Crippen LogP contribution in [0.15, 0.2) is 11.7 Å². The molecule has 6 heteroatoms. The minimum Gasteiger partial charge on any atom is -0.387 e. The summed E-state index contributed by atoms with van der Waals surface area (Å²) in [6.07, 6.45) is 4.72. The van der Waals surface area contributed by atoms with Crippen molar-refractivity contribution in [2.45, 2.75) is 24.9 Å². The number of rotatable bonds is 3. The molecule has 2 aliphatic rings. The Balaban J connectivity index is 1.61. The van der Waals surface area contributed by atoms with Gasteiger partial charge in [-0.25, -0.2) is 0 Å². The van der Waals surface area contributed by atoms with Gasteiger partial charge in [-0.1, -0.05) is 0 Å². The van der Waals surface area contributed by atoms with Gasteiger partial charge in [0, 0.05) is 13.1 Å². The molecule has 3 heterocycles. The van der Waals surface area contributed by atoms with Crippen molar-refractivity contribution in [3.05, 3.63) is 16.6 Å². The van der Waals surface area contributed by atoms with Gasteiger partial charge in [0.2, 0.25) is 0 Å². The molecule has 19 heavy (non-hydrogen) atoms. The van der Waals surface area contributed by atoms with Crippen LogP contribution in [-0.4, -0.2) is 64.1 Å². The fourth-order valence-corrected chi connectivity index (χ4v) is 3.58. The van der Waals surface area contributed by atoms with E-state index in [1.54, 1.807) is 16.6 Å². The van der Waals surface area contributed by atoms with Crippen LogP contribution in [0.1, 0.15) is 28.9 Å². The number of aliphatic hydroxyl groups is 1. The third-order valence-corrected chi connectivity index (χ3v) is 4.74. The van der Waals surface area contributed by atoms with Gasteiger partial charge in [0.25, 0.3) is 5.91 Å². The Labute approximate surface area is 116 Å². The van der Waals surface area contributed by atoms with E-state index in [0.717, 1.165) is 13.1 Å². The van der Waals surface area contributed by atoms with Crippen molar-refractivity contribution in [1.82, 2.24) is 14.8 Å². The van der Waals surface area contributed by atoms with Crippen LogP contribution in [0, 0.1) is 0 Å². The highest BCUT2D eigenvalue weighted by atomic mass is 32.1. The second-order valence-electron chi connectivity index (χ2n) is 5.55. The SMILES string of the molecule is O=C(c1cncs1)N1CC[C@](O)(CN2CCCC2)C1. The van der Waals surface area contributed by atoms with Crippen molar-refractivity contribution in [3.63, 3.8) is 0 Å². The molecule has 0 unspecified atom stereocenters. The van der Waals surface area contributed by atoms with Gasteiger partial charge >= 0.3 is 0 Å². The van der Waals surface area contributed by atoms with Crippen LogP contribution in [-0.2, 0) is 0 Å². The summed E-state index contributed by atoms with van der Waals surface area (Å²) < 4.78 is 0. The topological polar surface area (TPSA) is 56.7 Å². The van der Waals surface area contributed by atoms with Crippen LogP contribution < -0.4 is 0 Å². The molecule has 0 bridgehead atoms. The predicted octanol–water partition coefficient (Wildman–Crippen LogP) is 0.816.